The highest BCUT2D eigenvalue weighted by molar-refractivity contribution is 6.30. The minimum absolute atomic E-state index is 0.0556. The minimum Gasteiger partial charge on any atom is -0.337 e. The van der Waals surface area contributed by atoms with Gasteiger partial charge in [0.1, 0.15) is 12.1 Å². The fraction of sp³-hybridized carbons (Fsp3) is 0.412. The molecule has 3 rings (SSSR count). The van der Waals surface area contributed by atoms with Gasteiger partial charge in [-0.15, -0.1) is 0 Å². The van der Waals surface area contributed by atoms with E-state index in [1.165, 1.54) is 0 Å². The van der Waals surface area contributed by atoms with Crippen molar-refractivity contribution in [2.45, 2.75) is 45.2 Å². The molecule has 0 saturated carbocycles. The summed E-state index contributed by atoms with van der Waals surface area (Å²) in [6.45, 7) is 3.67. The third-order valence-electron chi connectivity index (χ3n) is 4.23. The first-order valence-corrected chi connectivity index (χ1v) is 8.53. The zero-order valence-corrected chi connectivity index (χ0v) is 14.8. The molecular formula is C17H19ClN4O3. The zero-order chi connectivity index (χ0) is 18.0. The summed E-state index contributed by atoms with van der Waals surface area (Å²) in [6.07, 6.45) is 2.68. The number of carbonyl (C=O) groups excluding carboxylic acids is 2. The smallest absolute Gasteiger partial charge is 0.325 e. The Morgan fingerprint density at radius 3 is 2.88 bits per heavy atom. The van der Waals surface area contributed by atoms with E-state index in [0.29, 0.717) is 22.8 Å². The minimum atomic E-state index is -1.17. The molecule has 0 aliphatic carbocycles. The molecule has 1 aromatic heterocycles. The molecule has 1 aliphatic rings. The van der Waals surface area contributed by atoms with Gasteiger partial charge in [-0.3, -0.25) is 9.69 Å². The summed E-state index contributed by atoms with van der Waals surface area (Å²) in [5.41, 5.74) is -0.553. The van der Waals surface area contributed by atoms with Crippen molar-refractivity contribution in [1.82, 2.24) is 20.4 Å². The van der Waals surface area contributed by atoms with Crippen LogP contribution in [0.2, 0.25) is 5.02 Å². The molecular weight excluding hydrogens is 344 g/mol. The Labute approximate surface area is 150 Å². The molecule has 2 aromatic rings. The second-order valence-corrected chi connectivity index (χ2v) is 6.60. The number of imide groups is 1. The van der Waals surface area contributed by atoms with Crippen molar-refractivity contribution in [3.63, 3.8) is 0 Å². The molecule has 0 bridgehead atoms. The van der Waals surface area contributed by atoms with Crippen LogP contribution in [0.15, 0.2) is 28.8 Å². The van der Waals surface area contributed by atoms with Crippen LogP contribution in [0.3, 0.4) is 0 Å². The summed E-state index contributed by atoms with van der Waals surface area (Å²) in [7, 11) is 0. The quantitative estimate of drug-likeness (QED) is 0.798. The molecule has 1 N–H and O–H groups in total. The highest BCUT2D eigenvalue weighted by Crippen LogP contribution is 2.31. The first-order chi connectivity index (χ1) is 11.9. The number of carbonyl (C=O) groups is 2. The Balaban J connectivity index is 1.78. The number of nitrogens with one attached hydrogen (secondary N) is 1. The Kier molecular flexibility index (Phi) is 4.76. The van der Waals surface area contributed by atoms with E-state index >= 15 is 0 Å². The van der Waals surface area contributed by atoms with Crippen molar-refractivity contribution in [2.75, 3.05) is 0 Å². The number of aromatic nitrogens is 2. The van der Waals surface area contributed by atoms with Gasteiger partial charge in [-0.25, -0.2) is 4.79 Å². The molecule has 132 valence electrons. The number of rotatable bonds is 6. The lowest BCUT2D eigenvalue weighted by Gasteiger charge is -2.22. The predicted molar refractivity (Wildman–Crippen MR) is 90.8 cm³/mol. The fourth-order valence-corrected chi connectivity index (χ4v) is 2.95. The van der Waals surface area contributed by atoms with Crippen LogP contribution in [0, 0.1) is 0 Å². The Hall–Kier alpha value is -2.41. The summed E-state index contributed by atoms with van der Waals surface area (Å²) >= 11 is 6.01. The first-order valence-electron chi connectivity index (χ1n) is 8.15. The monoisotopic (exact) mass is 362 g/mol. The van der Waals surface area contributed by atoms with E-state index in [1.54, 1.807) is 31.2 Å². The molecule has 1 atom stereocenters. The van der Waals surface area contributed by atoms with Gasteiger partial charge in [-0.05, 0) is 31.0 Å². The van der Waals surface area contributed by atoms with Crippen LogP contribution < -0.4 is 5.32 Å². The second kappa shape index (κ2) is 6.84. The standard InChI is InChI=1S/C17H19ClN4O3/c1-3-4-8-13-19-14(25-21-13)10-22-15(23)17(2,20-16(22)24)11-6-5-7-12(18)9-11/h5-7,9H,3-4,8,10H2,1-2H3,(H,20,24). The first kappa shape index (κ1) is 17.4. The maximum absolute atomic E-state index is 12.8. The number of halogens is 1. The van der Waals surface area contributed by atoms with Crippen LogP contribution in [0.5, 0.6) is 0 Å². The van der Waals surface area contributed by atoms with Gasteiger partial charge in [0.2, 0.25) is 5.89 Å². The highest BCUT2D eigenvalue weighted by atomic mass is 35.5. The van der Waals surface area contributed by atoms with Crippen molar-refractivity contribution in [1.29, 1.82) is 0 Å². The summed E-state index contributed by atoms with van der Waals surface area (Å²) in [4.78, 5) is 30.5. The van der Waals surface area contributed by atoms with Crippen LogP contribution in [0.25, 0.3) is 0 Å². The topological polar surface area (TPSA) is 88.3 Å². The Bertz CT molecular complexity index is 807. The van der Waals surface area contributed by atoms with Gasteiger partial charge in [0.25, 0.3) is 5.91 Å². The molecule has 1 saturated heterocycles. The summed E-state index contributed by atoms with van der Waals surface area (Å²) in [5, 5.41) is 7.10. The number of urea groups is 1. The van der Waals surface area contributed by atoms with Crippen LogP contribution in [0.1, 0.15) is 44.0 Å². The highest BCUT2D eigenvalue weighted by Gasteiger charge is 2.49. The van der Waals surface area contributed by atoms with E-state index in [2.05, 4.69) is 22.4 Å². The number of unbranched alkanes of at least 4 members (excludes halogenated alkanes) is 1. The van der Waals surface area contributed by atoms with E-state index in [4.69, 9.17) is 16.1 Å². The summed E-state index contributed by atoms with van der Waals surface area (Å²) in [5.74, 6) is 0.444. The number of benzene rings is 1. The van der Waals surface area contributed by atoms with Gasteiger partial charge in [0.15, 0.2) is 5.82 Å². The normalized spacial score (nSPS) is 20.2. The van der Waals surface area contributed by atoms with Crippen molar-refractivity contribution in [3.05, 3.63) is 46.6 Å². The summed E-state index contributed by atoms with van der Waals surface area (Å²) < 4.78 is 5.16. The number of nitrogens with zero attached hydrogens (tertiary/aromatic N) is 3. The van der Waals surface area contributed by atoms with E-state index in [9.17, 15) is 9.59 Å². The Morgan fingerprint density at radius 2 is 2.16 bits per heavy atom. The van der Waals surface area contributed by atoms with Crippen LogP contribution in [-0.4, -0.2) is 27.0 Å². The average Bonchev–Trinajstić information content (AvgIpc) is 3.12. The molecule has 1 aliphatic heterocycles. The third kappa shape index (κ3) is 3.37. The van der Waals surface area contributed by atoms with Gasteiger partial charge in [0, 0.05) is 11.4 Å². The number of amides is 3. The molecule has 7 nitrogen and oxygen atoms in total. The van der Waals surface area contributed by atoms with Crippen molar-refractivity contribution in [3.8, 4) is 0 Å². The molecule has 0 spiro atoms. The van der Waals surface area contributed by atoms with Gasteiger partial charge in [-0.2, -0.15) is 4.98 Å². The van der Waals surface area contributed by atoms with E-state index in [1.807, 2.05) is 0 Å². The van der Waals surface area contributed by atoms with E-state index in [-0.39, 0.29) is 18.3 Å². The number of hydrogen-bond donors (Lipinski definition) is 1. The largest absolute Gasteiger partial charge is 0.337 e. The van der Waals surface area contributed by atoms with E-state index in [0.717, 1.165) is 17.7 Å². The lowest BCUT2D eigenvalue weighted by Crippen LogP contribution is -2.40. The maximum Gasteiger partial charge on any atom is 0.325 e. The van der Waals surface area contributed by atoms with Crippen molar-refractivity contribution >= 4 is 23.5 Å². The van der Waals surface area contributed by atoms with Crippen molar-refractivity contribution < 1.29 is 14.1 Å². The molecule has 8 heteroatoms. The van der Waals surface area contributed by atoms with Gasteiger partial charge in [0.05, 0.1) is 0 Å². The van der Waals surface area contributed by atoms with E-state index < -0.39 is 11.6 Å². The second-order valence-electron chi connectivity index (χ2n) is 6.16. The van der Waals surface area contributed by atoms with Gasteiger partial charge in [-0.1, -0.05) is 42.2 Å². The lowest BCUT2D eigenvalue weighted by atomic mass is 9.92. The van der Waals surface area contributed by atoms with Crippen LogP contribution in [-0.2, 0) is 23.3 Å². The molecule has 1 aromatic carbocycles. The van der Waals surface area contributed by atoms with Crippen LogP contribution >= 0.6 is 11.6 Å². The average molecular weight is 363 g/mol. The fourth-order valence-electron chi connectivity index (χ4n) is 2.76. The molecule has 0 radical (unpaired) electrons. The third-order valence-corrected chi connectivity index (χ3v) is 4.47. The number of hydrogen-bond acceptors (Lipinski definition) is 5. The number of aryl methyl sites for hydroxylation is 1. The van der Waals surface area contributed by atoms with Crippen LogP contribution in [0.4, 0.5) is 4.79 Å². The molecule has 3 amide bonds. The molecule has 2 heterocycles. The molecule has 1 fully saturated rings. The van der Waals surface area contributed by atoms with Gasteiger partial charge >= 0.3 is 6.03 Å². The van der Waals surface area contributed by atoms with Crippen molar-refractivity contribution in [2.24, 2.45) is 0 Å². The van der Waals surface area contributed by atoms with Gasteiger partial charge < -0.3 is 9.84 Å². The Morgan fingerprint density at radius 1 is 1.36 bits per heavy atom. The maximum atomic E-state index is 12.8. The SMILES string of the molecule is CCCCc1noc(CN2C(=O)NC(C)(c3cccc(Cl)c3)C2=O)n1. The predicted octanol–water partition coefficient (Wildman–Crippen LogP) is 3.03. The lowest BCUT2D eigenvalue weighted by molar-refractivity contribution is -0.131. The zero-order valence-electron chi connectivity index (χ0n) is 14.1. The summed E-state index contributed by atoms with van der Waals surface area (Å²) in [6, 6.07) is 6.37. The molecule has 25 heavy (non-hydrogen) atoms. The molecule has 1 unspecified atom stereocenters.